The molecule has 0 bridgehead atoms. The van der Waals surface area contributed by atoms with E-state index in [4.69, 9.17) is 27.9 Å². The lowest BCUT2D eigenvalue weighted by molar-refractivity contribution is -0.130. The third-order valence-electron chi connectivity index (χ3n) is 6.42. The van der Waals surface area contributed by atoms with Crippen LogP contribution in [-0.2, 0) is 25.9 Å². The number of amides is 2. The zero-order valence-corrected chi connectivity index (χ0v) is 26.5. The number of aliphatic imine (C=N–C) groups is 1. The maximum Gasteiger partial charge on any atom is 0.416 e. The quantitative estimate of drug-likeness (QED) is 0.333. The van der Waals surface area contributed by atoms with Crippen molar-refractivity contribution >= 4 is 50.9 Å². The Balaban J connectivity index is 1.41. The van der Waals surface area contributed by atoms with E-state index >= 15 is 0 Å². The summed E-state index contributed by atoms with van der Waals surface area (Å²) in [5, 5.41) is 3.48. The molecular weight excluding hydrogens is 587 g/mol. The van der Waals surface area contributed by atoms with E-state index in [1.807, 2.05) is 45.0 Å². The number of nitrogens with zero attached hydrogens (tertiary/aromatic N) is 3. The Morgan fingerprint density at radius 2 is 1.78 bits per heavy atom. The van der Waals surface area contributed by atoms with E-state index in [1.54, 1.807) is 23.8 Å². The molecule has 0 fully saturated rings. The highest BCUT2D eigenvalue weighted by molar-refractivity contribution is 7.91. The van der Waals surface area contributed by atoms with E-state index in [0.717, 1.165) is 11.1 Å². The van der Waals surface area contributed by atoms with Crippen molar-refractivity contribution in [3.05, 3.63) is 63.1 Å². The molecule has 2 aromatic rings. The van der Waals surface area contributed by atoms with Crippen LogP contribution in [0.25, 0.3) is 0 Å². The zero-order chi connectivity index (χ0) is 30.4. The molecule has 1 heterocycles. The minimum atomic E-state index is -3.62. The lowest BCUT2D eigenvalue weighted by Crippen LogP contribution is -2.39. The van der Waals surface area contributed by atoms with Gasteiger partial charge in [0.2, 0.25) is 5.91 Å². The molecular formula is C29H38Cl2N4O5S. The Bertz CT molecular complexity index is 1390. The average molecular weight is 626 g/mol. The number of carbonyl (C=O) groups excluding carboxylic acids is 2. The first-order chi connectivity index (χ1) is 19.2. The van der Waals surface area contributed by atoms with Gasteiger partial charge in [0.15, 0.2) is 9.84 Å². The van der Waals surface area contributed by atoms with Gasteiger partial charge in [-0.3, -0.25) is 14.7 Å². The van der Waals surface area contributed by atoms with Crippen LogP contribution >= 0.6 is 23.2 Å². The number of hydrogen-bond donors (Lipinski definition) is 1. The molecule has 1 aliphatic rings. The summed E-state index contributed by atoms with van der Waals surface area (Å²) in [6.07, 6.45) is 1.21. The Labute approximate surface area is 252 Å². The van der Waals surface area contributed by atoms with Gasteiger partial charge in [0.05, 0.1) is 23.0 Å². The standard InChI is InChI=1S/C29H38Cl2N4O5S/c1-20-23(30)13-14-24(26(20)31)41(38,39)19-32-15-7-6-8-25(36)34(5)18-21-9-11-22(12-10-21)27-33-16-17-35(27)28(37)40-29(2,3)4/h9-14,32H,6-8,15-19H2,1-5H3. The van der Waals surface area contributed by atoms with E-state index in [-0.39, 0.29) is 21.7 Å². The van der Waals surface area contributed by atoms with Gasteiger partial charge in [0, 0.05) is 30.6 Å². The van der Waals surface area contributed by atoms with Crippen LogP contribution in [0.4, 0.5) is 4.79 Å². The third kappa shape index (κ3) is 9.16. The molecule has 224 valence electrons. The number of unbranched alkanes of at least 4 members (excludes halogenated alkanes) is 1. The van der Waals surface area contributed by atoms with Crippen LogP contribution in [-0.4, -0.2) is 74.2 Å². The van der Waals surface area contributed by atoms with Crippen molar-refractivity contribution in [2.75, 3.05) is 32.6 Å². The van der Waals surface area contributed by atoms with E-state index < -0.39 is 21.5 Å². The Kier molecular flexibility index (Phi) is 11.2. The smallest absolute Gasteiger partial charge is 0.416 e. The van der Waals surface area contributed by atoms with Crippen molar-refractivity contribution in [2.24, 2.45) is 4.99 Å². The summed E-state index contributed by atoms with van der Waals surface area (Å²) >= 11 is 12.2. The fraction of sp³-hybridized carbons (Fsp3) is 0.483. The molecule has 41 heavy (non-hydrogen) atoms. The van der Waals surface area contributed by atoms with E-state index in [0.29, 0.717) is 61.9 Å². The number of rotatable bonds is 11. The molecule has 2 amide bonds. The monoisotopic (exact) mass is 624 g/mol. The summed E-state index contributed by atoms with van der Waals surface area (Å²) in [5.41, 5.74) is 1.71. The minimum Gasteiger partial charge on any atom is -0.443 e. The molecule has 0 atom stereocenters. The first-order valence-corrected chi connectivity index (χ1v) is 15.9. The third-order valence-corrected chi connectivity index (χ3v) is 9.02. The van der Waals surface area contributed by atoms with Gasteiger partial charge in [-0.1, -0.05) is 47.5 Å². The van der Waals surface area contributed by atoms with E-state index in [2.05, 4.69) is 10.3 Å². The maximum absolute atomic E-state index is 12.6. The number of nitrogens with one attached hydrogen (secondary N) is 1. The highest BCUT2D eigenvalue weighted by atomic mass is 35.5. The molecule has 0 saturated carbocycles. The lowest BCUT2D eigenvalue weighted by atomic mass is 10.1. The number of sulfone groups is 1. The second-order valence-corrected chi connectivity index (χ2v) is 13.7. The number of carbonyl (C=O) groups is 2. The maximum atomic E-state index is 12.6. The van der Waals surface area contributed by atoms with Crippen molar-refractivity contribution in [3.8, 4) is 0 Å². The number of benzene rings is 2. The molecule has 1 aliphatic heterocycles. The van der Waals surface area contributed by atoms with Gasteiger partial charge in [-0.25, -0.2) is 13.2 Å². The number of hydrogen-bond acceptors (Lipinski definition) is 7. The van der Waals surface area contributed by atoms with Crippen LogP contribution in [0, 0.1) is 6.92 Å². The second kappa shape index (κ2) is 14.0. The summed E-state index contributed by atoms with van der Waals surface area (Å²) in [6.45, 7) is 9.06. The van der Waals surface area contributed by atoms with Crippen molar-refractivity contribution < 1.29 is 22.7 Å². The van der Waals surface area contributed by atoms with Crippen molar-refractivity contribution in [2.45, 2.75) is 64.0 Å². The zero-order valence-electron chi connectivity index (χ0n) is 24.2. The van der Waals surface area contributed by atoms with Crippen molar-refractivity contribution in [3.63, 3.8) is 0 Å². The molecule has 9 nitrogen and oxygen atoms in total. The fourth-order valence-corrected chi connectivity index (χ4v) is 6.18. The van der Waals surface area contributed by atoms with E-state index in [1.165, 1.54) is 12.1 Å². The highest BCUT2D eigenvalue weighted by Crippen LogP contribution is 2.30. The average Bonchev–Trinajstić information content (AvgIpc) is 3.39. The van der Waals surface area contributed by atoms with Crippen LogP contribution in [0.1, 0.15) is 56.7 Å². The molecule has 3 rings (SSSR count). The first kappa shape index (κ1) is 32.8. The van der Waals surface area contributed by atoms with Gasteiger partial charge in [-0.05, 0) is 70.3 Å². The van der Waals surface area contributed by atoms with Crippen LogP contribution < -0.4 is 5.32 Å². The van der Waals surface area contributed by atoms with Crippen molar-refractivity contribution in [1.82, 2.24) is 15.1 Å². The molecule has 0 unspecified atom stereocenters. The summed E-state index contributed by atoms with van der Waals surface area (Å²) in [6, 6.07) is 10.6. The van der Waals surface area contributed by atoms with Crippen LogP contribution in [0.2, 0.25) is 10.0 Å². The highest BCUT2D eigenvalue weighted by Gasteiger charge is 2.29. The second-order valence-electron chi connectivity index (χ2n) is 11.0. The van der Waals surface area contributed by atoms with Gasteiger partial charge < -0.3 is 15.0 Å². The first-order valence-electron chi connectivity index (χ1n) is 13.5. The van der Waals surface area contributed by atoms with Crippen LogP contribution in [0.3, 0.4) is 0 Å². The largest absolute Gasteiger partial charge is 0.443 e. The van der Waals surface area contributed by atoms with Gasteiger partial charge in [0.1, 0.15) is 17.3 Å². The Morgan fingerprint density at radius 3 is 2.44 bits per heavy atom. The predicted molar refractivity (Wildman–Crippen MR) is 162 cm³/mol. The van der Waals surface area contributed by atoms with Crippen LogP contribution in [0.15, 0.2) is 46.3 Å². The summed E-state index contributed by atoms with van der Waals surface area (Å²) in [5.74, 6) is 0.337. The van der Waals surface area contributed by atoms with Crippen molar-refractivity contribution in [1.29, 1.82) is 0 Å². The van der Waals surface area contributed by atoms with E-state index in [9.17, 15) is 18.0 Å². The Morgan fingerprint density at radius 1 is 1.10 bits per heavy atom. The lowest BCUT2D eigenvalue weighted by Gasteiger charge is -2.25. The van der Waals surface area contributed by atoms with Gasteiger partial charge in [-0.2, -0.15) is 0 Å². The minimum absolute atomic E-state index is 0.00129. The van der Waals surface area contributed by atoms with Gasteiger partial charge >= 0.3 is 6.09 Å². The fourth-order valence-electron chi connectivity index (χ4n) is 4.19. The summed E-state index contributed by atoms with van der Waals surface area (Å²) in [4.78, 5) is 32.9. The SMILES string of the molecule is Cc1c(Cl)ccc(S(=O)(=O)CNCCCCC(=O)N(C)Cc2ccc(C3=NCCN3C(=O)OC(C)(C)C)cc2)c1Cl. The number of amidine groups is 1. The molecule has 12 heteroatoms. The molecule has 0 radical (unpaired) electrons. The molecule has 1 N–H and O–H groups in total. The van der Waals surface area contributed by atoms with Gasteiger partial charge in [0.25, 0.3) is 0 Å². The topological polar surface area (TPSA) is 108 Å². The number of halogens is 2. The summed E-state index contributed by atoms with van der Waals surface area (Å²) in [7, 11) is -1.86. The van der Waals surface area contributed by atoms with Crippen LogP contribution in [0.5, 0.6) is 0 Å². The summed E-state index contributed by atoms with van der Waals surface area (Å²) < 4.78 is 30.8. The molecule has 2 aromatic carbocycles. The van der Waals surface area contributed by atoms with Gasteiger partial charge in [-0.15, -0.1) is 0 Å². The molecule has 0 saturated heterocycles. The Hall–Kier alpha value is -2.66. The molecule has 0 spiro atoms. The normalized spacial score (nSPS) is 13.7. The molecule has 0 aromatic heterocycles. The predicted octanol–water partition coefficient (Wildman–Crippen LogP) is 5.45. The molecule has 0 aliphatic carbocycles. The number of ether oxygens (including phenoxy) is 1.